The fourth-order valence-corrected chi connectivity index (χ4v) is 7.12. The number of carbonyl (C=O) groups excluding carboxylic acids is 1. The summed E-state index contributed by atoms with van der Waals surface area (Å²) in [5, 5.41) is 17.1. The lowest BCUT2D eigenvalue weighted by atomic mass is 10.0. The number of rotatable bonds is 15. The van der Waals surface area contributed by atoms with Crippen LogP contribution in [-0.4, -0.2) is 86.7 Å². The van der Waals surface area contributed by atoms with Crippen molar-refractivity contribution in [2.75, 3.05) is 50.5 Å². The third kappa shape index (κ3) is 9.40. The molecule has 0 unspecified atom stereocenters. The number of Topliss-reactive ketones (excluding diaryl/α,β-unsaturated/α-hetero) is 1. The molecule has 1 saturated heterocycles. The van der Waals surface area contributed by atoms with E-state index in [0.29, 0.717) is 54.4 Å². The number of thioether (sulfide) groups is 1. The van der Waals surface area contributed by atoms with Crippen LogP contribution in [0.15, 0.2) is 41.0 Å². The third-order valence-corrected chi connectivity index (χ3v) is 9.56. The van der Waals surface area contributed by atoms with Gasteiger partial charge in [-0.05, 0) is 42.9 Å². The molecule has 2 N–H and O–H groups in total. The Morgan fingerprint density at radius 2 is 2.04 bits per heavy atom. The number of carbonyl (C=O) groups is 2. The minimum Gasteiger partial charge on any atom is -0.493 e. The van der Waals surface area contributed by atoms with Gasteiger partial charge in [-0.2, -0.15) is 5.10 Å². The summed E-state index contributed by atoms with van der Waals surface area (Å²) < 4.78 is 27.9. The maximum absolute atomic E-state index is 13.7. The predicted octanol–water partition coefficient (Wildman–Crippen LogP) is 5.63. The summed E-state index contributed by atoms with van der Waals surface area (Å²) in [5.74, 6) is -0.207. The van der Waals surface area contributed by atoms with Gasteiger partial charge in [-0.3, -0.25) is 14.5 Å². The van der Waals surface area contributed by atoms with Gasteiger partial charge in [-0.15, -0.1) is 0 Å². The Hall–Kier alpha value is -3.21. The number of hydrogen-bond donors (Lipinski definition) is 2. The molecule has 0 radical (unpaired) electrons. The number of hydrogen-bond acceptors (Lipinski definition) is 12. The van der Waals surface area contributed by atoms with Crippen molar-refractivity contribution >= 4 is 81.1 Å². The molecule has 0 atom stereocenters. The van der Waals surface area contributed by atoms with Crippen molar-refractivity contribution in [2.24, 2.45) is 0 Å². The number of nitrogens with zero attached hydrogens (tertiary/aromatic N) is 5. The Morgan fingerprint density at radius 3 is 2.82 bits per heavy atom. The predicted molar refractivity (Wildman–Crippen MR) is 174 cm³/mol. The van der Waals surface area contributed by atoms with Crippen LogP contribution in [0.25, 0.3) is 10.9 Å². The zero-order chi connectivity index (χ0) is 31.8. The van der Waals surface area contributed by atoms with Crippen molar-refractivity contribution in [3.8, 4) is 5.75 Å². The topological polar surface area (TPSA) is 132 Å². The first-order valence-electron chi connectivity index (χ1n) is 14.1. The Bertz CT molecular complexity index is 1730. The van der Waals surface area contributed by atoms with E-state index < -0.39 is 11.8 Å². The van der Waals surface area contributed by atoms with Crippen molar-refractivity contribution in [2.45, 2.75) is 30.1 Å². The number of carboxylic acids is 1. The molecule has 2 aromatic carbocycles. The second-order valence-electron chi connectivity index (χ2n) is 10.1. The molecule has 0 saturated carbocycles. The Labute approximate surface area is 276 Å². The van der Waals surface area contributed by atoms with Crippen LogP contribution < -0.4 is 10.1 Å². The highest BCUT2D eigenvalue weighted by Crippen LogP contribution is 2.32. The van der Waals surface area contributed by atoms with Gasteiger partial charge in [-0.1, -0.05) is 34.7 Å². The van der Waals surface area contributed by atoms with E-state index in [0.717, 1.165) is 39.3 Å². The number of carboxylic acid groups (broad SMARTS) is 1. The number of anilines is 2. The number of nitrogens with one attached hydrogen (secondary N) is 1. The summed E-state index contributed by atoms with van der Waals surface area (Å²) in [4.78, 5) is 35.3. The van der Waals surface area contributed by atoms with Gasteiger partial charge in [0, 0.05) is 54.5 Å². The largest absolute Gasteiger partial charge is 0.493 e. The van der Waals surface area contributed by atoms with E-state index in [4.69, 9.17) is 38.4 Å². The maximum atomic E-state index is 13.7. The van der Waals surface area contributed by atoms with Crippen LogP contribution in [0.1, 0.15) is 18.4 Å². The Morgan fingerprint density at radius 1 is 1.22 bits per heavy atom. The van der Waals surface area contributed by atoms with E-state index >= 15 is 0 Å². The number of aromatic nitrogens is 4. The smallest absolute Gasteiger partial charge is 0.304 e. The SMILES string of the molecule is O=C(O)CCSc1nn(CC(=O)Cc2cc3c(Nc4ccc(F)c(Cl)c4)ncnc3cc2OCCCN2CCOCC2)c(=S)s1. The molecule has 1 fully saturated rings. The van der Waals surface area contributed by atoms with Crippen LogP contribution >= 0.6 is 46.9 Å². The highest BCUT2D eigenvalue weighted by molar-refractivity contribution is 8.01. The molecule has 2 aromatic heterocycles. The summed E-state index contributed by atoms with van der Waals surface area (Å²) >= 11 is 13.9. The van der Waals surface area contributed by atoms with Crippen molar-refractivity contribution in [1.82, 2.24) is 24.6 Å². The number of ether oxygens (including phenoxy) is 2. The van der Waals surface area contributed by atoms with Gasteiger partial charge in [0.15, 0.2) is 14.1 Å². The Kier molecular flexibility index (Phi) is 11.7. The van der Waals surface area contributed by atoms with Gasteiger partial charge < -0.3 is 19.9 Å². The number of morpholine rings is 1. The monoisotopic (exact) mass is 692 g/mol. The van der Waals surface area contributed by atoms with Crippen LogP contribution in [0, 0.1) is 9.77 Å². The summed E-state index contributed by atoms with van der Waals surface area (Å²) in [6, 6.07) is 7.90. The maximum Gasteiger partial charge on any atom is 0.304 e. The van der Waals surface area contributed by atoms with E-state index in [2.05, 4.69) is 25.3 Å². The molecule has 5 rings (SSSR count). The molecular weight excluding hydrogens is 663 g/mol. The molecular formula is C29H30ClFN6O5S3. The Balaban J connectivity index is 1.36. The lowest BCUT2D eigenvalue weighted by Gasteiger charge is -2.26. The van der Waals surface area contributed by atoms with Crippen molar-refractivity contribution in [3.05, 3.63) is 57.0 Å². The molecule has 0 aliphatic carbocycles. The van der Waals surface area contributed by atoms with E-state index in [1.54, 1.807) is 12.1 Å². The molecule has 238 valence electrons. The first-order valence-corrected chi connectivity index (χ1v) is 16.7. The number of halogens is 2. The van der Waals surface area contributed by atoms with E-state index in [1.807, 2.05) is 6.07 Å². The van der Waals surface area contributed by atoms with Crippen molar-refractivity contribution in [1.29, 1.82) is 0 Å². The lowest BCUT2D eigenvalue weighted by molar-refractivity contribution is -0.136. The second kappa shape index (κ2) is 15.9. The zero-order valence-corrected chi connectivity index (χ0v) is 27.2. The quantitative estimate of drug-likeness (QED) is 0.0909. The molecule has 45 heavy (non-hydrogen) atoms. The fraction of sp³-hybridized carbons (Fsp3) is 0.379. The van der Waals surface area contributed by atoms with Gasteiger partial charge in [0.1, 0.15) is 30.3 Å². The molecule has 0 amide bonds. The average molecular weight is 693 g/mol. The molecule has 16 heteroatoms. The molecule has 1 aliphatic heterocycles. The van der Waals surface area contributed by atoms with Crippen molar-refractivity contribution in [3.63, 3.8) is 0 Å². The summed E-state index contributed by atoms with van der Waals surface area (Å²) in [6.07, 6.45) is 2.25. The minimum absolute atomic E-state index is 0.00187. The zero-order valence-electron chi connectivity index (χ0n) is 24.0. The van der Waals surface area contributed by atoms with Gasteiger partial charge >= 0.3 is 5.97 Å². The number of benzene rings is 2. The summed E-state index contributed by atoms with van der Waals surface area (Å²) in [7, 11) is 0. The first-order chi connectivity index (χ1) is 21.7. The fourth-order valence-electron chi connectivity index (χ4n) is 4.61. The second-order valence-corrected chi connectivity index (χ2v) is 13.5. The van der Waals surface area contributed by atoms with E-state index in [1.165, 1.54) is 46.2 Å². The van der Waals surface area contributed by atoms with Gasteiger partial charge in [0.05, 0.1) is 36.8 Å². The highest BCUT2D eigenvalue weighted by atomic mass is 35.5. The molecule has 0 spiro atoms. The standard InChI is InChI=1S/C29H30ClFN6O5S3/c30-22-14-19(2-3-23(22)31)34-27-21-13-18(12-20(38)16-37-29(43)45-28(35-37)44-11-4-26(39)40)25(15-24(21)32-17-33-27)42-8-1-5-36-6-9-41-10-7-36/h2-3,13-15,17H,1,4-12,16H2,(H,39,40)(H,32,33,34). The van der Waals surface area contributed by atoms with E-state index in [9.17, 15) is 14.0 Å². The molecule has 0 bridgehead atoms. The first kappa shape index (κ1) is 33.2. The number of fused-ring (bicyclic) bond motifs is 1. The molecule has 11 nitrogen and oxygen atoms in total. The van der Waals surface area contributed by atoms with Crippen LogP contribution in [0.4, 0.5) is 15.9 Å². The molecule has 4 aromatic rings. The van der Waals surface area contributed by atoms with Crippen LogP contribution in [0.3, 0.4) is 0 Å². The third-order valence-electron chi connectivity index (χ3n) is 6.82. The van der Waals surface area contributed by atoms with Crippen LogP contribution in [0.2, 0.25) is 5.02 Å². The van der Waals surface area contributed by atoms with E-state index in [-0.39, 0.29) is 30.2 Å². The van der Waals surface area contributed by atoms with Gasteiger partial charge in [0.2, 0.25) is 0 Å². The molecule has 1 aliphatic rings. The van der Waals surface area contributed by atoms with Gasteiger partial charge in [0.25, 0.3) is 0 Å². The normalized spacial score (nSPS) is 13.6. The van der Waals surface area contributed by atoms with Crippen molar-refractivity contribution < 1.29 is 28.6 Å². The van der Waals surface area contributed by atoms with Crippen LogP contribution in [0.5, 0.6) is 5.75 Å². The van der Waals surface area contributed by atoms with Crippen LogP contribution in [-0.2, 0) is 27.3 Å². The summed E-state index contributed by atoms with van der Waals surface area (Å²) in [5.41, 5.74) is 1.79. The molecule has 3 heterocycles. The lowest BCUT2D eigenvalue weighted by Crippen LogP contribution is -2.37. The minimum atomic E-state index is -0.888. The highest BCUT2D eigenvalue weighted by Gasteiger charge is 2.17. The number of aliphatic carboxylic acids is 1. The number of ketones is 1. The average Bonchev–Trinajstić information content (AvgIpc) is 3.36. The van der Waals surface area contributed by atoms with Gasteiger partial charge in [-0.25, -0.2) is 19.0 Å². The summed E-state index contributed by atoms with van der Waals surface area (Å²) in [6.45, 7) is 4.50.